The Bertz CT molecular complexity index is 1060. The number of carbonyl (C=O) groups is 1. The molecule has 1 aromatic carbocycles. The Balaban J connectivity index is 1.71. The smallest absolute Gasteiger partial charge is 0.291 e. The van der Waals surface area contributed by atoms with Crippen molar-refractivity contribution in [3.05, 3.63) is 40.8 Å². The number of hydrogen-bond acceptors (Lipinski definition) is 3. The normalized spacial score (nSPS) is 15.4. The van der Waals surface area contributed by atoms with Gasteiger partial charge in [0.1, 0.15) is 12.1 Å². The number of benzene rings is 1. The third-order valence-electron chi connectivity index (χ3n) is 6.02. The Morgan fingerprint density at radius 1 is 1.18 bits per heavy atom. The SMILES string of the molecule is CCCn1c2ccccc2c2cnn(CC(=O)N(C)C3CCCCC3)c(=O)c21. The molecule has 1 aliphatic carbocycles. The first-order valence-corrected chi connectivity index (χ1v) is 10.3. The molecule has 0 aliphatic heterocycles. The highest BCUT2D eigenvalue weighted by molar-refractivity contribution is 6.07. The van der Waals surface area contributed by atoms with Gasteiger partial charge in [-0.15, -0.1) is 0 Å². The van der Waals surface area contributed by atoms with E-state index in [1.54, 1.807) is 6.20 Å². The largest absolute Gasteiger partial charge is 0.341 e. The molecular formula is C22H28N4O2. The quantitative estimate of drug-likeness (QED) is 0.680. The number of carbonyl (C=O) groups excluding carboxylic acids is 1. The molecule has 28 heavy (non-hydrogen) atoms. The van der Waals surface area contributed by atoms with Crippen molar-refractivity contribution in [1.29, 1.82) is 0 Å². The van der Waals surface area contributed by atoms with Crippen molar-refractivity contribution in [2.45, 2.75) is 64.6 Å². The predicted octanol–water partition coefficient (Wildman–Crippen LogP) is 3.55. The van der Waals surface area contributed by atoms with Crippen LogP contribution in [0.25, 0.3) is 21.8 Å². The molecule has 4 rings (SSSR count). The third kappa shape index (κ3) is 3.21. The molecule has 0 spiro atoms. The van der Waals surface area contributed by atoms with Gasteiger partial charge in [0.05, 0.1) is 6.20 Å². The number of aryl methyl sites for hydroxylation is 1. The molecule has 0 radical (unpaired) electrons. The van der Waals surface area contributed by atoms with E-state index in [1.165, 1.54) is 23.9 Å². The van der Waals surface area contributed by atoms with E-state index < -0.39 is 0 Å². The van der Waals surface area contributed by atoms with E-state index in [-0.39, 0.29) is 24.1 Å². The lowest BCUT2D eigenvalue weighted by Crippen LogP contribution is -2.42. The minimum absolute atomic E-state index is 0.00454. The van der Waals surface area contributed by atoms with Crippen LogP contribution in [0.15, 0.2) is 35.3 Å². The second-order valence-corrected chi connectivity index (χ2v) is 7.83. The average Bonchev–Trinajstić information content (AvgIpc) is 3.05. The highest BCUT2D eigenvalue weighted by Crippen LogP contribution is 2.26. The number of rotatable bonds is 5. The van der Waals surface area contributed by atoms with Crippen LogP contribution in [0.2, 0.25) is 0 Å². The summed E-state index contributed by atoms with van der Waals surface area (Å²) in [5.41, 5.74) is 1.50. The van der Waals surface area contributed by atoms with Crippen LogP contribution in [0.4, 0.5) is 0 Å². The van der Waals surface area contributed by atoms with Crippen molar-refractivity contribution in [1.82, 2.24) is 19.2 Å². The first-order valence-electron chi connectivity index (χ1n) is 10.3. The summed E-state index contributed by atoms with van der Waals surface area (Å²) in [6.45, 7) is 2.86. The molecule has 0 atom stereocenters. The number of nitrogens with zero attached hydrogens (tertiary/aromatic N) is 4. The molecular weight excluding hydrogens is 352 g/mol. The topological polar surface area (TPSA) is 60.1 Å². The minimum atomic E-state index is -0.187. The maximum absolute atomic E-state index is 13.2. The Labute approximate surface area is 164 Å². The van der Waals surface area contributed by atoms with Crippen LogP contribution in [0.5, 0.6) is 0 Å². The molecule has 3 aromatic rings. The second kappa shape index (κ2) is 7.78. The molecule has 0 N–H and O–H groups in total. The van der Waals surface area contributed by atoms with E-state index in [1.807, 2.05) is 36.2 Å². The molecule has 148 valence electrons. The summed E-state index contributed by atoms with van der Waals surface area (Å²) < 4.78 is 3.40. The minimum Gasteiger partial charge on any atom is -0.341 e. The Morgan fingerprint density at radius 3 is 2.68 bits per heavy atom. The zero-order valence-corrected chi connectivity index (χ0v) is 16.7. The summed E-state index contributed by atoms with van der Waals surface area (Å²) in [6.07, 6.45) is 8.35. The fraction of sp³-hybridized carbons (Fsp3) is 0.500. The van der Waals surface area contributed by atoms with Gasteiger partial charge in [-0.1, -0.05) is 44.4 Å². The molecule has 1 saturated carbocycles. The maximum Gasteiger partial charge on any atom is 0.291 e. The number of likely N-dealkylation sites (N-methyl/N-ethyl adjacent to an activating group) is 1. The Kier molecular flexibility index (Phi) is 5.20. The highest BCUT2D eigenvalue weighted by atomic mass is 16.2. The molecule has 0 bridgehead atoms. The molecule has 1 fully saturated rings. The molecule has 0 unspecified atom stereocenters. The van der Waals surface area contributed by atoms with Crippen LogP contribution < -0.4 is 5.56 Å². The van der Waals surface area contributed by atoms with Gasteiger partial charge < -0.3 is 9.47 Å². The first kappa shape index (κ1) is 18.7. The molecule has 2 aromatic heterocycles. The van der Waals surface area contributed by atoms with Crippen molar-refractivity contribution in [2.24, 2.45) is 0 Å². The van der Waals surface area contributed by atoms with E-state index in [4.69, 9.17) is 0 Å². The lowest BCUT2D eigenvalue weighted by atomic mass is 9.94. The Morgan fingerprint density at radius 2 is 1.93 bits per heavy atom. The standard InChI is InChI=1S/C22H28N4O2/c1-3-13-25-19-12-8-7-11-17(19)18-14-23-26(22(28)21(18)25)15-20(27)24(2)16-9-5-4-6-10-16/h7-8,11-12,14,16H,3-6,9-10,13,15H2,1-2H3. The van der Waals surface area contributed by atoms with Gasteiger partial charge in [-0.3, -0.25) is 9.59 Å². The summed E-state index contributed by atoms with van der Waals surface area (Å²) in [5, 5.41) is 6.24. The lowest BCUT2D eigenvalue weighted by molar-refractivity contribution is -0.133. The first-order chi connectivity index (χ1) is 13.6. The van der Waals surface area contributed by atoms with Crippen LogP contribution in [0.3, 0.4) is 0 Å². The molecule has 0 saturated heterocycles. The fourth-order valence-corrected chi connectivity index (χ4v) is 4.47. The monoisotopic (exact) mass is 380 g/mol. The van der Waals surface area contributed by atoms with E-state index in [0.717, 1.165) is 42.1 Å². The summed E-state index contributed by atoms with van der Waals surface area (Å²) in [5.74, 6) is -0.0426. The number of fused-ring (bicyclic) bond motifs is 3. The van der Waals surface area contributed by atoms with E-state index in [0.29, 0.717) is 5.52 Å². The number of para-hydroxylation sites is 1. The van der Waals surface area contributed by atoms with E-state index in [2.05, 4.69) is 16.6 Å². The molecule has 6 nitrogen and oxygen atoms in total. The summed E-state index contributed by atoms with van der Waals surface area (Å²) in [6, 6.07) is 8.31. The van der Waals surface area contributed by atoms with Gasteiger partial charge in [0.2, 0.25) is 5.91 Å². The zero-order chi connectivity index (χ0) is 19.7. The van der Waals surface area contributed by atoms with Crippen molar-refractivity contribution in [3.63, 3.8) is 0 Å². The van der Waals surface area contributed by atoms with E-state index >= 15 is 0 Å². The van der Waals surface area contributed by atoms with Gasteiger partial charge in [0.25, 0.3) is 5.56 Å². The van der Waals surface area contributed by atoms with Crippen LogP contribution in [0, 0.1) is 0 Å². The number of aromatic nitrogens is 3. The van der Waals surface area contributed by atoms with Crippen LogP contribution >= 0.6 is 0 Å². The van der Waals surface area contributed by atoms with Gasteiger partial charge in [0, 0.05) is 35.9 Å². The second-order valence-electron chi connectivity index (χ2n) is 7.83. The van der Waals surface area contributed by atoms with Gasteiger partial charge in [-0.25, -0.2) is 4.68 Å². The lowest BCUT2D eigenvalue weighted by Gasteiger charge is -2.31. The molecule has 1 amide bonds. The van der Waals surface area contributed by atoms with E-state index in [9.17, 15) is 9.59 Å². The van der Waals surface area contributed by atoms with Crippen molar-refractivity contribution < 1.29 is 4.79 Å². The molecule has 6 heteroatoms. The maximum atomic E-state index is 13.2. The average molecular weight is 380 g/mol. The van der Waals surface area contributed by atoms with Gasteiger partial charge in [-0.05, 0) is 25.3 Å². The summed E-state index contributed by atoms with van der Waals surface area (Å²) in [4.78, 5) is 27.9. The van der Waals surface area contributed by atoms with Crippen LogP contribution in [0.1, 0.15) is 45.4 Å². The molecule has 1 aliphatic rings. The van der Waals surface area contributed by atoms with Gasteiger partial charge in [-0.2, -0.15) is 5.10 Å². The Hall–Kier alpha value is -2.63. The summed E-state index contributed by atoms with van der Waals surface area (Å²) >= 11 is 0. The summed E-state index contributed by atoms with van der Waals surface area (Å²) in [7, 11) is 1.86. The zero-order valence-electron chi connectivity index (χ0n) is 16.7. The molecule has 2 heterocycles. The fourth-order valence-electron chi connectivity index (χ4n) is 4.47. The highest BCUT2D eigenvalue weighted by Gasteiger charge is 2.23. The number of hydrogen-bond donors (Lipinski definition) is 0. The van der Waals surface area contributed by atoms with Gasteiger partial charge in [0.15, 0.2) is 0 Å². The van der Waals surface area contributed by atoms with Crippen molar-refractivity contribution in [2.75, 3.05) is 7.05 Å². The van der Waals surface area contributed by atoms with Crippen molar-refractivity contribution >= 4 is 27.7 Å². The third-order valence-corrected chi connectivity index (χ3v) is 6.02. The number of amides is 1. The van der Waals surface area contributed by atoms with Gasteiger partial charge >= 0.3 is 0 Å². The van der Waals surface area contributed by atoms with Crippen molar-refractivity contribution in [3.8, 4) is 0 Å². The predicted molar refractivity (Wildman–Crippen MR) is 111 cm³/mol. The van der Waals surface area contributed by atoms with Crippen LogP contribution in [-0.2, 0) is 17.9 Å². The van der Waals surface area contributed by atoms with Crippen LogP contribution in [-0.4, -0.2) is 38.2 Å².